The Bertz CT molecular complexity index is 776. The van der Waals surface area contributed by atoms with Crippen LogP contribution in [0.3, 0.4) is 0 Å². The Balaban J connectivity index is 0.00000256. The normalized spacial score (nSPS) is 27.7. The fraction of sp³-hybridized carbons (Fsp3) is 0.667. The molecule has 1 saturated heterocycles. The molecule has 2 saturated carbocycles. The van der Waals surface area contributed by atoms with Crippen LogP contribution in [-0.4, -0.2) is 67.6 Å². The lowest BCUT2D eigenvalue weighted by Crippen LogP contribution is -2.50. The maximum atomic E-state index is 12.1. The first-order valence-electron chi connectivity index (χ1n) is 10.6. The zero-order chi connectivity index (χ0) is 20.4. The van der Waals surface area contributed by atoms with Crippen LogP contribution in [0, 0.1) is 11.8 Å². The first kappa shape index (κ1) is 23.4. The Morgan fingerprint density at radius 2 is 2.13 bits per heavy atom. The number of hydrogen-bond acceptors (Lipinski definition) is 4. The van der Waals surface area contributed by atoms with Crippen molar-refractivity contribution in [2.75, 3.05) is 38.6 Å². The summed E-state index contributed by atoms with van der Waals surface area (Å²) in [4.78, 5) is 24.9. The smallest absolute Gasteiger partial charge is 0.243 e. The molecule has 4 unspecified atom stereocenters. The van der Waals surface area contributed by atoms with Crippen molar-refractivity contribution in [3.05, 3.63) is 23.4 Å². The lowest BCUT2D eigenvalue weighted by atomic mass is 9.95. The molecule has 2 heterocycles. The average molecular weight is 547 g/mol. The minimum Gasteiger partial charge on any atom is -0.353 e. The van der Waals surface area contributed by atoms with Crippen LogP contribution >= 0.6 is 35.6 Å². The van der Waals surface area contributed by atoms with Gasteiger partial charge in [0.2, 0.25) is 5.91 Å². The molecule has 1 aromatic heterocycles. The van der Waals surface area contributed by atoms with E-state index >= 15 is 0 Å². The van der Waals surface area contributed by atoms with Crippen molar-refractivity contribution in [1.82, 2.24) is 20.5 Å². The van der Waals surface area contributed by atoms with Crippen LogP contribution in [0.1, 0.15) is 32.1 Å². The Kier molecular flexibility index (Phi) is 8.06. The van der Waals surface area contributed by atoms with E-state index in [-0.39, 0.29) is 42.5 Å². The second-order valence-corrected chi connectivity index (χ2v) is 9.17. The zero-order valence-corrected chi connectivity index (χ0v) is 20.8. The molecule has 0 radical (unpaired) electrons. The Morgan fingerprint density at radius 1 is 1.30 bits per heavy atom. The second kappa shape index (κ2) is 10.3. The topological polar surface area (TPSA) is 72.9 Å². The van der Waals surface area contributed by atoms with Crippen molar-refractivity contribution in [2.24, 2.45) is 16.8 Å². The predicted octanol–water partition coefficient (Wildman–Crippen LogP) is 2.74. The first-order chi connectivity index (χ1) is 14.0. The van der Waals surface area contributed by atoms with Gasteiger partial charge in [0, 0.05) is 45.5 Å². The fourth-order valence-electron chi connectivity index (χ4n) is 4.89. The van der Waals surface area contributed by atoms with Gasteiger partial charge in [-0.1, -0.05) is 18.0 Å². The third kappa shape index (κ3) is 5.49. The van der Waals surface area contributed by atoms with E-state index in [2.05, 4.69) is 25.5 Å². The lowest BCUT2D eigenvalue weighted by Gasteiger charge is -2.27. The van der Waals surface area contributed by atoms with Crippen LogP contribution in [0.2, 0.25) is 5.02 Å². The number of fused-ring (bicyclic) bond motifs is 2. The standard InChI is InChI=1S/C21H31ClN6O.HI/c1-27(2)19(29)12-24-21(26-18-11-14-5-6-15(18)10-14)25-16-7-9-28(13-16)20-17(22)4-3-8-23-20;/h3-4,8,14-16,18H,5-7,9-13H2,1-2H3,(H2,24,25,26);1H. The van der Waals surface area contributed by atoms with Gasteiger partial charge in [0.05, 0.1) is 5.02 Å². The van der Waals surface area contributed by atoms with E-state index in [1.807, 2.05) is 12.1 Å². The number of halogens is 2. The van der Waals surface area contributed by atoms with E-state index in [0.29, 0.717) is 11.1 Å². The number of hydrogen-bond donors (Lipinski definition) is 2. The summed E-state index contributed by atoms with van der Waals surface area (Å²) in [7, 11) is 3.53. The molecule has 4 rings (SSSR count). The van der Waals surface area contributed by atoms with E-state index in [9.17, 15) is 4.79 Å². The van der Waals surface area contributed by atoms with Crippen molar-refractivity contribution >= 4 is 53.3 Å². The molecule has 1 aliphatic heterocycles. The predicted molar refractivity (Wildman–Crippen MR) is 132 cm³/mol. The Labute approximate surface area is 201 Å². The quantitative estimate of drug-likeness (QED) is 0.338. The summed E-state index contributed by atoms with van der Waals surface area (Å²) < 4.78 is 0. The number of pyridine rings is 1. The van der Waals surface area contributed by atoms with Gasteiger partial charge in [0.25, 0.3) is 0 Å². The third-order valence-electron chi connectivity index (χ3n) is 6.50. The number of aliphatic imine (C=N–C) groups is 1. The molecule has 3 aliphatic rings. The van der Waals surface area contributed by atoms with Gasteiger partial charge >= 0.3 is 0 Å². The molecule has 2 aliphatic carbocycles. The van der Waals surface area contributed by atoms with E-state index in [1.54, 1.807) is 25.2 Å². The largest absolute Gasteiger partial charge is 0.353 e. The molecule has 9 heteroatoms. The van der Waals surface area contributed by atoms with Gasteiger partial charge in [0.1, 0.15) is 12.4 Å². The minimum atomic E-state index is 0. The molecule has 1 aromatic rings. The summed E-state index contributed by atoms with van der Waals surface area (Å²) in [5.74, 6) is 3.20. The van der Waals surface area contributed by atoms with Gasteiger partial charge < -0.3 is 20.4 Å². The van der Waals surface area contributed by atoms with Gasteiger partial charge in [-0.15, -0.1) is 24.0 Å². The van der Waals surface area contributed by atoms with Gasteiger partial charge in [-0.3, -0.25) is 4.79 Å². The molecule has 1 amide bonds. The SMILES string of the molecule is CN(C)C(=O)CN=C(NC1CCN(c2ncccc2Cl)C1)NC1CC2CCC1C2.I. The number of nitrogens with zero attached hydrogens (tertiary/aromatic N) is 4. The maximum absolute atomic E-state index is 12.1. The van der Waals surface area contributed by atoms with Crippen LogP contribution in [0.15, 0.2) is 23.3 Å². The molecule has 0 aromatic carbocycles. The van der Waals surface area contributed by atoms with Gasteiger partial charge in [-0.2, -0.15) is 0 Å². The van der Waals surface area contributed by atoms with Crippen molar-refractivity contribution in [3.63, 3.8) is 0 Å². The number of likely N-dealkylation sites (N-methyl/N-ethyl adjacent to an activating group) is 1. The lowest BCUT2D eigenvalue weighted by molar-refractivity contribution is -0.127. The molecule has 166 valence electrons. The number of carbonyl (C=O) groups is 1. The van der Waals surface area contributed by atoms with Crippen LogP contribution in [0.25, 0.3) is 0 Å². The van der Waals surface area contributed by atoms with Gasteiger partial charge in [-0.05, 0) is 49.7 Å². The highest BCUT2D eigenvalue weighted by Crippen LogP contribution is 2.44. The van der Waals surface area contributed by atoms with Crippen molar-refractivity contribution < 1.29 is 4.79 Å². The first-order valence-corrected chi connectivity index (χ1v) is 11.0. The van der Waals surface area contributed by atoms with Crippen LogP contribution in [0.5, 0.6) is 0 Å². The van der Waals surface area contributed by atoms with Gasteiger partial charge in [-0.25, -0.2) is 9.98 Å². The second-order valence-electron chi connectivity index (χ2n) is 8.76. The summed E-state index contributed by atoms with van der Waals surface area (Å²) in [6, 6.07) is 4.44. The number of carbonyl (C=O) groups excluding carboxylic acids is 1. The highest BCUT2D eigenvalue weighted by molar-refractivity contribution is 14.0. The highest BCUT2D eigenvalue weighted by Gasteiger charge is 2.40. The Hall–Kier alpha value is -1.29. The van der Waals surface area contributed by atoms with Crippen molar-refractivity contribution in [1.29, 1.82) is 0 Å². The maximum Gasteiger partial charge on any atom is 0.243 e. The third-order valence-corrected chi connectivity index (χ3v) is 6.79. The van der Waals surface area contributed by atoms with Gasteiger partial charge in [0.15, 0.2) is 5.96 Å². The summed E-state index contributed by atoms with van der Waals surface area (Å²) in [6.45, 7) is 1.87. The average Bonchev–Trinajstić information content (AvgIpc) is 3.43. The number of rotatable bonds is 5. The van der Waals surface area contributed by atoms with E-state index in [1.165, 1.54) is 25.7 Å². The number of aromatic nitrogens is 1. The van der Waals surface area contributed by atoms with Crippen LogP contribution < -0.4 is 15.5 Å². The molecule has 2 bridgehead atoms. The molecule has 0 spiro atoms. The molecule has 7 nitrogen and oxygen atoms in total. The number of amides is 1. The zero-order valence-electron chi connectivity index (χ0n) is 17.7. The fourth-order valence-corrected chi connectivity index (χ4v) is 5.13. The Morgan fingerprint density at radius 3 is 2.80 bits per heavy atom. The van der Waals surface area contributed by atoms with Crippen molar-refractivity contribution in [2.45, 2.75) is 44.2 Å². The molecule has 30 heavy (non-hydrogen) atoms. The molecular formula is C21H32ClIN6O. The summed E-state index contributed by atoms with van der Waals surface area (Å²) in [5.41, 5.74) is 0. The minimum absolute atomic E-state index is 0. The van der Waals surface area contributed by atoms with Crippen LogP contribution in [0.4, 0.5) is 5.82 Å². The monoisotopic (exact) mass is 546 g/mol. The molecular weight excluding hydrogens is 515 g/mol. The number of anilines is 1. The van der Waals surface area contributed by atoms with E-state index in [4.69, 9.17) is 11.6 Å². The highest BCUT2D eigenvalue weighted by atomic mass is 127. The van der Waals surface area contributed by atoms with E-state index < -0.39 is 0 Å². The van der Waals surface area contributed by atoms with Crippen molar-refractivity contribution in [3.8, 4) is 0 Å². The number of guanidine groups is 1. The summed E-state index contributed by atoms with van der Waals surface area (Å²) in [5, 5.41) is 7.89. The molecule has 2 N–H and O–H groups in total. The molecule has 4 atom stereocenters. The summed E-state index contributed by atoms with van der Waals surface area (Å²) in [6.07, 6.45) is 7.97. The number of nitrogens with one attached hydrogen (secondary N) is 2. The summed E-state index contributed by atoms with van der Waals surface area (Å²) >= 11 is 6.32. The van der Waals surface area contributed by atoms with E-state index in [0.717, 1.165) is 43.1 Å². The molecule has 3 fully saturated rings. The van der Waals surface area contributed by atoms with Crippen LogP contribution in [-0.2, 0) is 4.79 Å².